The highest BCUT2D eigenvalue weighted by Gasteiger charge is 2.68. The van der Waals surface area contributed by atoms with E-state index in [1.165, 1.54) is 0 Å². The number of carbonyl (C=O) groups is 1. The first-order valence-electron chi connectivity index (χ1n) is 16.3. The van der Waals surface area contributed by atoms with Crippen LogP contribution in [0.4, 0.5) is 0 Å². The third kappa shape index (κ3) is 7.44. The monoisotopic (exact) mass is 612 g/mol. The summed E-state index contributed by atoms with van der Waals surface area (Å²) in [6.07, 6.45) is 15.0. The van der Waals surface area contributed by atoms with Crippen molar-refractivity contribution in [2.45, 2.75) is 83.6 Å². The van der Waals surface area contributed by atoms with E-state index in [0.717, 1.165) is 35.8 Å². The van der Waals surface area contributed by atoms with Gasteiger partial charge < -0.3 is 30.8 Å². The van der Waals surface area contributed by atoms with Crippen LogP contribution in [0.5, 0.6) is 0 Å². The minimum Gasteiger partial charge on any atom is -0.396 e. The van der Waals surface area contributed by atoms with E-state index in [1.54, 1.807) is 0 Å². The van der Waals surface area contributed by atoms with Crippen molar-refractivity contribution in [2.75, 3.05) is 33.4 Å². The average Bonchev–Trinajstić information content (AvgIpc) is 3.35. The molecule has 2 fully saturated rings. The second kappa shape index (κ2) is 16.4. The van der Waals surface area contributed by atoms with E-state index >= 15 is 0 Å². The predicted octanol–water partition coefficient (Wildman–Crippen LogP) is 3.49. The minimum absolute atomic E-state index is 0.0316. The summed E-state index contributed by atoms with van der Waals surface area (Å²) in [6, 6.07) is 0. The molecule has 8 unspecified atom stereocenters. The Morgan fingerprint density at radius 3 is 2.64 bits per heavy atom. The van der Waals surface area contributed by atoms with Gasteiger partial charge in [0.25, 0.3) is 0 Å². The summed E-state index contributed by atoms with van der Waals surface area (Å²) < 4.78 is 0. The lowest BCUT2D eigenvalue weighted by Gasteiger charge is -2.61. The number of rotatable bonds is 16. The Kier molecular flexibility index (Phi) is 13.5. The highest BCUT2D eigenvalue weighted by molar-refractivity contribution is 5.74. The molecule has 7 N–H and O–H groups in total. The largest absolute Gasteiger partial charge is 0.396 e. The van der Waals surface area contributed by atoms with Crippen molar-refractivity contribution >= 4 is 6.29 Å². The molecule has 0 amide bonds. The molecule has 3 rings (SSSR count). The lowest BCUT2D eigenvalue weighted by Crippen LogP contribution is -2.65. The van der Waals surface area contributed by atoms with Crippen LogP contribution in [0.3, 0.4) is 0 Å². The summed E-state index contributed by atoms with van der Waals surface area (Å²) in [4.78, 5) is 12.1. The van der Waals surface area contributed by atoms with Gasteiger partial charge in [-0.2, -0.15) is 0 Å². The van der Waals surface area contributed by atoms with Gasteiger partial charge in [0.2, 0.25) is 0 Å². The smallest absolute Gasteiger partial charge is 0.145 e. The van der Waals surface area contributed by atoms with Crippen molar-refractivity contribution in [1.82, 2.24) is 10.6 Å². The summed E-state index contributed by atoms with van der Waals surface area (Å²) in [5.74, 6) is -0.904. The molecule has 8 atom stereocenters. The van der Waals surface area contributed by atoms with E-state index < -0.39 is 23.3 Å². The Morgan fingerprint density at radius 2 is 2.00 bits per heavy atom. The van der Waals surface area contributed by atoms with Crippen LogP contribution in [-0.2, 0) is 4.79 Å². The average molecular weight is 613 g/mol. The maximum absolute atomic E-state index is 12.6. The molecule has 2 bridgehead atoms. The molecule has 0 aromatic heterocycles. The van der Waals surface area contributed by atoms with Crippen LogP contribution in [-0.4, -0.2) is 83.1 Å². The van der Waals surface area contributed by atoms with Crippen molar-refractivity contribution in [3.8, 4) is 0 Å². The zero-order valence-corrected chi connectivity index (χ0v) is 27.1. The van der Waals surface area contributed by atoms with E-state index in [0.29, 0.717) is 56.3 Å². The van der Waals surface area contributed by atoms with Crippen LogP contribution in [0.15, 0.2) is 70.9 Å². The van der Waals surface area contributed by atoms with Gasteiger partial charge in [0.1, 0.15) is 12.5 Å². The first-order valence-corrected chi connectivity index (χ1v) is 16.3. The maximum Gasteiger partial charge on any atom is 0.145 e. The summed E-state index contributed by atoms with van der Waals surface area (Å²) in [5.41, 5.74) is 1.93. The van der Waals surface area contributed by atoms with Gasteiger partial charge in [-0.3, -0.25) is 10.1 Å². The van der Waals surface area contributed by atoms with Crippen LogP contribution >= 0.6 is 0 Å². The molecule has 0 heterocycles. The van der Waals surface area contributed by atoms with Crippen LogP contribution in [0, 0.1) is 29.1 Å². The number of likely N-dealkylation sites (N-methyl/N-ethyl adjacent to an activating group) is 1. The van der Waals surface area contributed by atoms with Gasteiger partial charge in [-0.05, 0) is 107 Å². The molecule has 8 heteroatoms. The molecule has 0 aromatic carbocycles. The topological polar surface area (TPSA) is 142 Å². The van der Waals surface area contributed by atoms with Gasteiger partial charge in [0, 0.05) is 23.9 Å². The summed E-state index contributed by atoms with van der Waals surface area (Å²) in [5, 5.41) is 61.5. The van der Waals surface area contributed by atoms with Crippen LogP contribution in [0.25, 0.3) is 0 Å². The Labute approximate surface area is 264 Å². The van der Waals surface area contributed by atoms with Gasteiger partial charge in [-0.25, -0.2) is 0 Å². The molecular formula is C36H56N2O6. The van der Waals surface area contributed by atoms with E-state index in [2.05, 4.69) is 29.4 Å². The van der Waals surface area contributed by atoms with E-state index in [4.69, 9.17) is 0 Å². The fourth-order valence-electron chi connectivity index (χ4n) is 8.25. The number of aliphatic hydroxyl groups excluding tert-OH is 4. The first kappa shape index (κ1) is 36.3. The first-order chi connectivity index (χ1) is 21.0. The Morgan fingerprint density at radius 1 is 1.25 bits per heavy atom. The number of allylic oxidation sites excluding steroid dienone is 9. The molecular weight excluding hydrogens is 556 g/mol. The maximum atomic E-state index is 12.6. The molecule has 0 saturated heterocycles. The molecule has 246 valence electrons. The van der Waals surface area contributed by atoms with Crippen LogP contribution in [0.1, 0.15) is 65.7 Å². The minimum atomic E-state index is -1.21. The Balaban J connectivity index is 1.92. The number of aliphatic hydroxyl groups is 5. The molecule has 0 aliphatic heterocycles. The van der Waals surface area contributed by atoms with E-state index in [9.17, 15) is 30.3 Å². The third-order valence-electron chi connectivity index (χ3n) is 10.5. The van der Waals surface area contributed by atoms with Gasteiger partial charge in [0.05, 0.1) is 18.3 Å². The molecule has 2 saturated carbocycles. The predicted molar refractivity (Wildman–Crippen MR) is 175 cm³/mol. The third-order valence-corrected chi connectivity index (χ3v) is 10.5. The number of aldehydes is 1. The van der Waals surface area contributed by atoms with Crippen LogP contribution < -0.4 is 10.6 Å². The van der Waals surface area contributed by atoms with Crippen molar-refractivity contribution in [1.29, 1.82) is 0 Å². The summed E-state index contributed by atoms with van der Waals surface area (Å²) in [6.45, 7) is 10.8. The number of hydrogen-bond donors (Lipinski definition) is 7. The lowest BCUT2D eigenvalue weighted by molar-refractivity contribution is -0.194. The van der Waals surface area contributed by atoms with E-state index in [1.807, 2.05) is 52.1 Å². The molecule has 44 heavy (non-hydrogen) atoms. The highest BCUT2D eigenvalue weighted by atomic mass is 16.3. The fourth-order valence-corrected chi connectivity index (χ4v) is 8.25. The van der Waals surface area contributed by atoms with Crippen molar-refractivity contribution in [3.05, 3.63) is 70.9 Å². The zero-order chi connectivity index (χ0) is 32.5. The normalized spacial score (nSPS) is 34.2. The second-order valence-corrected chi connectivity index (χ2v) is 13.0. The standard InChI is InChI=1S/C36H56N2O6/c1-6-38-34(43)25(3)11-7-9-24(2)10-8-12-29(23-41)30-15-17-36(33(30)42)32-27(16-20-39)13-14-28(31(32)26(4)22-40)21-35(36,44)18-19-37-5/h8,10-14,22,27-28,30,32-34,37-39,41-44H,2,6-7,9,15-21,23H2,1,3-5H3. The van der Waals surface area contributed by atoms with Gasteiger partial charge in [0.15, 0.2) is 0 Å². The Bertz CT molecular complexity index is 1160. The SMILES string of the molecule is C=C(C=CC=C(CO)C1CCC2(C1O)C1C(=C(C)C=O)C(C=CC1CCO)CC2(O)CCNC)CCC=C(C)C(O)NCC. The fraction of sp³-hybridized carbons (Fsp3) is 0.639. The van der Waals surface area contributed by atoms with E-state index in [-0.39, 0.29) is 36.9 Å². The van der Waals surface area contributed by atoms with Gasteiger partial charge in [-0.15, -0.1) is 0 Å². The molecule has 3 aliphatic rings. The van der Waals surface area contributed by atoms with Crippen LogP contribution in [0.2, 0.25) is 0 Å². The van der Waals surface area contributed by atoms with Gasteiger partial charge in [-0.1, -0.05) is 61.1 Å². The quantitative estimate of drug-likeness (QED) is 0.0462. The number of fused-ring (bicyclic) bond motifs is 3. The van der Waals surface area contributed by atoms with Gasteiger partial charge >= 0.3 is 0 Å². The molecule has 1 spiro atoms. The van der Waals surface area contributed by atoms with Crippen molar-refractivity contribution in [3.63, 3.8) is 0 Å². The Hall–Kier alpha value is -2.17. The highest BCUT2D eigenvalue weighted by Crippen LogP contribution is 2.67. The molecule has 0 aromatic rings. The lowest BCUT2D eigenvalue weighted by atomic mass is 9.45. The number of carbonyl (C=O) groups excluding carboxylic acids is 1. The zero-order valence-electron chi connectivity index (χ0n) is 27.1. The number of nitrogens with one attached hydrogen (secondary N) is 2. The number of hydrogen-bond acceptors (Lipinski definition) is 8. The summed E-state index contributed by atoms with van der Waals surface area (Å²) in [7, 11) is 1.85. The van der Waals surface area contributed by atoms with Crippen molar-refractivity contribution in [2.24, 2.45) is 29.1 Å². The second-order valence-electron chi connectivity index (χ2n) is 13.0. The molecule has 3 aliphatic carbocycles. The summed E-state index contributed by atoms with van der Waals surface area (Å²) >= 11 is 0. The van der Waals surface area contributed by atoms with Crippen molar-refractivity contribution < 1.29 is 30.3 Å². The molecule has 8 nitrogen and oxygen atoms in total. The molecule has 0 radical (unpaired) electrons.